The quantitative estimate of drug-likeness (QED) is 0.543. The monoisotopic (exact) mass is 413 g/mol. The number of benzene rings is 1. The number of fused-ring (bicyclic) bond motifs is 1. The molecule has 2 aromatic rings. The van der Waals surface area contributed by atoms with Crippen molar-refractivity contribution >= 4 is 28.2 Å². The number of hydrogen-bond acceptors (Lipinski definition) is 4. The number of esters is 1. The largest absolute Gasteiger partial charge is 0.462 e. The molecule has 1 aliphatic rings. The highest BCUT2D eigenvalue weighted by molar-refractivity contribution is 7.17. The molecule has 0 saturated carbocycles. The van der Waals surface area contributed by atoms with Gasteiger partial charge >= 0.3 is 5.97 Å². The standard InChI is InChI=1S/C24H31NO3S/c1-4-10-16-13-14-19-20(15-16)29-23(21(19)24(27)28-6-3)25-22(26)18(5-2)17-11-8-7-9-12-17/h7-9,11-12,16,18H,4-6,10,13-15H2,1-3H3,(H,25,26)/t16-,18-/m0/s1. The van der Waals surface area contributed by atoms with Crippen LogP contribution < -0.4 is 5.32 Å². The average Bonchev–Trinajstić information content (AvgIpc) is 3.07. The van der Waals surface area contributed by atoms with Gasteiger partial charge in [0, 0.05) is 4.88 Å². The molecule has 0 bridgehead atoms. The Bertz CT molecular complexity index is 843. The second kappa shape index (κ2) is 10.1. The van der Waals surface area contributed by atoms with Crippen LogP contribution in [0.15, 0.2) is 30.3 Å². The van der Waals surface area contributed by atoms with E-state index in [-0.39, 0.29) is 17.8 Å². The molecule has 1 amide bonds. The van der Waals surface area contributed by atoms with E-state index in [0.717, 1.165) is 30.4 Å². The van der Waals surface area contributed by atoms with Crippen LogP contribution in [0.3, 0.4) is 0 Å². The molecule has 1 aromatic carbocycles. The van der Waals surface area contributed by atoms with Gasteiger partial charge in [-0.3, -0.25) is 4.79 Å². The number of anilines is 1. The van der Waals surface area contributed by atoms with Crippen molar-refractivity contribution < 1.29 is 14.3 Å². The molecule has 1 aliphatic carbocycles. The van der Waals surface area contributed by atoms with Gasteiger partial charge in [0.2, 0.25) is 5.91 Å². The van der Waals surface area contributed by atoms with Crippen LogP contribution in [0.2, 0.25) is 0 Å². The van der Waals surface area contributed by atoms with Crippen LogP contribution in [-0.4, -0.2) is 18.5 Å². The van der Waals surface area contributed by atoms with Gasteiger partial charge in [-0.15, -0.1) is 11.3 Å². The predicted octanol–water partition coefficient (Wildman–Crippen LogP) is 5.96. The Morgan fingerprint density at radius 1 is 1.21 bits per heavy atom. The molecule has 0 fully saturated rings. The van der Waals surface area contributed by atoms with Gasteiger partial charge in [0.15, 0.2) is 0 Å². The number of ether oxygens (including phenoxy) is 1. The summed E-state index contributed by atoms with van der Waals surface area (Å²) in [6.07, 6.45) is 6.06. The Morgan fingerprint density at radius 2 is 1.97 bits per heavy atom. The zero-order valence-electron chi connectivity index (χ0n) is 17.6. The molecule has 0 saturated heterocycles. The number of nitrogens with one attached hydrogen (secondary N) is 1. The van der Waals surface area contributed by atoms with Gasteiger partial charge in [-0.1, -0.05) is 57.0 Å². The van der Waals surface area contributed by atoms with Crippen molar-refractivity contribution in [1.82, 2.24) is 0 Å². The molecule has 5 heteroatoms. The first-order valence-corrected chi connectivity index (χ1v) is 11.6. The summed E-state index contributed by atoms with van der Waals surface area (Å²) in [7, 11) is 0. The van der Waals surface area contributed by atoms with E-state index in [1.54, 1.807) is 11.3 Å². The lowest BCUT2D eigenvalue weighted by atomic mass is 9.84. The molecule has 1 aromatic heterocycles. The summed E-state index contributed by atoms with van der Waals surface area (Å²) < 4.78 is 5.34. The van der Waals surface area contributed by atoms with Crippen molar-refractivity contribution in [2.24, 2.45) is 5.92 Å². The van der Waals surface area contributed by atoms with Crippen molar-refractivity contribution in [3.63, 3.8) is 0 Å². The maximum atomic E-state index is 13.1. The minimum Gasteiger partial charge on any atom is -0.462 e. The lowest BCUT2D eigenvalue weighted by Crippen LogP contribution is -2.22. The van der Waals surface area contributed by atoms with Crippen molar-refractivity contribution in [1.29, 1.82) is 0 Å². The third-order valence-electron chi connectivity index (χ3n) is 5.71. The summed E-state index contributed by atoms with van der Waals surface area (Å²) in [6, 6.07) is 9.82. The lowest BCUT2D eigenvalue weighted by Gasteiger charge is -2.22. The first-order valence-electron chi connectivity index (χ1n) is 10.8. The predicted molar refractivity (Wildman–Crippen MR) is 119 cm³/mol. The van der Waals surface area contributed by atoms with E-state index in [2.05, 4.69) is 12.2 Å². The molecule has 2 atom stereocenters. The Hall–Kier alpha value is -2.14. The summed E-state index contributed by atoms with van der Waals surface area (Å²) in [5.74, 6) is 0.0469. The van der Waals surface area contributed by atoms with Crippen LogP contribution in [0, 0.1) is 5.92 Å². The van der Waals surface area contributed by atoms with Crippen LogP contribution in [0.1, 0.15) is 78.7 Å². The molecule has 3 rings (SSSR count). The first kappa shape index (κ1) is 21.6. The number of carbonyl (C=O) groups is 2. The SMILES string of the molecule is CCC[C@H]1CCc2c(sc(NC(=O)[C@@H](CC)c3ccccc3)c2C(=O)OCC)C1. The maximum absolute atomic E-state index is 13.1. The normalized spacial score (nSPS) is 16.7. The summed E-state index contributed by atoms with van der Waals surface area (Å²) in [4.78, 5) is 27.1. The minimum absolute atomic E-state index is 0.0621. The van der Waals surface area contributed by atoms with Gasteiger partial charge in [0.25, 0.3) is 0 Å². The van der Waals surface area contributed by atoms with Crippen LogP contribution in [0.5, 0.6) is 0 Å². The summed E-state index contributed by atoms with van der Waals surface area (Å²) >= 11 is 1.56. The van der Waals surface area contributed by atoms with E-state index in [1.807, 2.05) is 44.2 Å². The summed E-state index contributed by atoms with van der Waals surface area (Å²) in [5.41, 5.74) is 2.66. The molecule has 1 heterocycles. The Labute approximate surface area is 177 Å². The number of carbonyl (C=O) groups excluding carboxylic acids is 2. The fraction of sp³-hybridized carbons (Fsp3) is 0.500. The van der Waals surface area contributed by atoms with Crippen LogP contribution in [0.4, 0.5) is 5.00 Å². The minimum atomic E-state index is -0.318. The second-order valence-electron chi connectivity index (χ2n) is 7.69. The fourth-order valence-corrected chi connectivity index (χ4v) is 5.63. The molecule has 0 radical (unpaired) electrons. The highest BCUT2D eigenvalue weighted by atomic mass is 32.1. The Balaban J connectivity index is 1.89. The lowest BCUT2D eigenvalue weighted by molar-refractivity contribution is -0.117. The van der Waals surface area contributed by atoms with Crippen LogP contribution >= 0.6 is 11.3 Å². The van der Waals surface area contributed by atoms with Crippen molar-refractivity contribution in [3.05, 3.63) is 51.9 Å². The maximum Gasteiger partial charge on any atom is 0.341 e. The fourth-order valence-electron chi connectivity index (χ4n) is 4.27. The van der Waals surface area contributed by atoms with Gasteiger partial charge in [-0.05, 0) is 49.7 Å². The van der Waals surface area contributed by atoms with E-state index in [1.165, 1.54) is 17.7 Å². The smallest absolute Gasteiger partial charge is 0.341 e. The molecule has 4 nitrogen and oxygen atoms in total. The van der Waals surface area contributed by atoms with E-state index >= 15 is 0 Å². The van der Waals surface area contributed by atoms with Gasteiger partial charge in [0.05, 0.1) is 18.1 Å². The molecule has 0 unspecified atom stereocenters. The van der Waals surface area contributed by atoms with Gasteiger partial charge in [-0.2, -0.15) is 0 Å². The Morgan fingerprint density at radius 3 is 2.62 bits per heavy atom. The van der Waals surface area contributed by atoms with E-state index in [9.17, 15) is 9.59 Å². The van der Waals surface area contributed by atoms with Crippen molar-refractivity contribution in [3.8, 4) is 0 Å². The second-order valence-corrected chi connectivity index (χ2v) is 8.79. The summed E-state index contributed by atoms with van der Waals surface area (Å²) in [6.45, 7) is 6.37. The molecule has 29 heavy (non-hydrogen) atoms. The molecular formula is C24H31NO3S. The molecule has 1 N–H and O–H groups in total. The molecule has 0 aliphatic heterocycles. The van der Waals surface area contributed by atoms with Gasteiger partial charge in [-0.25, -0.2) is 4.79 Å². The number of rotatable bonds is 8. The van der Waals surface area contributed by atoms with Crippen LogP contribution in [0.25, 0.3) is 0 Å². The molecule has 156 valence electrons. The summed E-state index contributed by atoms with van der Waals surface area (Å²) in [5, 5.41) is 3.74. The van der Waals surface area contributed by atoms with E-state index in [4.69, 9.17) is 4.74 Å². The zero-order valence-corrected chi connectivity index (χ0v) is 18.4. The third kappa shape index (κ3) is 4.89. The first-order chi connectivity index (χ1) is 14.1. The highest BCUT2D eigenvalue weighted by Gasteiger charge is 2.31. The number of thiophene rings is 1. The highest BCUT2D eigenvalue weighted by Crippen LogP contribution is 2.41. The molecular weight excluding hydrogens is 382 g/mol. The Kier molecular flexibility index (Phi) is 7.48. The number of amides is 1. The average molecular weight is 414 g/mol. The van der Waals surface area contributed by atoms with E-state index in [0.29, 0.717) is 29.5 Å². The van der Waals surface area contributed by atoms with Gasteiger partial charge < -0.3 is 10.1 Å². The van der Waals surface area contributed by atoms with Crippen LogP contribution in [-0.2, 0) is 22.4 Å². The third-order valence-corrected chi connectivity index (χ3v) is 6.88. The number of hydrogen-bond donors (Lipinski definition) is 1. The topological polar surface area (TPSA) is 55.4 Å². The van der Waals surface area contributed by atoms with Crippen molar-refractivity contribution in [2.45, 2.75) is 65.2 Å². The zero-order chi connectivity index (χ0) is 20.8. The van der Waals surface area contributed by atoms with E-state index < -0.39 is 0 Å². The van der Waals surface area contributed by atoms with Crippen molar-refractivity contribution in [2.75, 3.05) is 11.9 Å². The molecule has 0 spiro atoms. The van der Waals surface area contributed by atoms with Gasteiger partial charge in [0.1, 0.15) is 5.00 Å².